The van der Waals surface area contributed by atoms with Crippen molar-refractivity contribution in [1.82, 2.24) is 4.98 Å². The minimum Gasteiger partial charge on any atom is -0.477 e. The Labute approximate surface area is 110 Å². The number of hydrogen-bond donors (Lipinski definition) is 1. The SMILES string of the molecule is CCc1nc(N2CCC(OC)CC2)sc1C(=O)O. The minimum absolute atomic E-state index is 0.325. The summed E-state index contributed by atoms with van der Waals surface area (Å²) in [7, 11) is 1.74. The molecule has 1 aromatic rings. The van der Waals surface area contributed by atoms with Gasteiger partial charge in [-0.2, -0.15) is 0 Å². The van der Waals surface area contributed by atoms with Crippen molar-refractivity contribution in [3.05, 3.63) is 10.6 Å². The van der Waals surface area contributed by atoms with Gasteiger partial charge >= 0.3 is 5.97 Å². The zero-order valence-corrected chi connectivity index (χ0v) is 11.5. The molecule has 0 amide bonds. The zero-order chi connectivity index (χ0) is 13.1. The Kier molecular flexibility index (Phi) is 4.19. The van der Waals surface area contributed by atoms with Crippen LogP contribution in [0.15, 0.2) is 0 Å². The van der Waals surface area contributed by atoms with E-state index >= 15 is 0 Å². The van der Waals surface area contributed by atoms with Gasteiger partial charge in [-0.1, -0.05) is 18.3 Å². The molecule has 2 rings (SSSR count). The predicted molar refractivity (Wildman–Crippen MR) is 70.7 cm³/mol. The number of aromatic nitrogens is 1. The van der Waals surface area contributed by atoms with Gasteiger partial charge < -0.3 is 14.7 Å². The number of aryl methyl sites for hydroxylation is 1. The molecule has 2 heterocycles. The first kappa shape index (κ1) is 13.3. The maximum Gasteiger partial charge on any atom is 0.347 e. The average Bonchev–Trinajstić information content (AvgIpc) is 2.83. The van der Waals surface area contributed by atoms with Crippen LogP contribution in [0.4, 0.5) is 5.13 Å². The van der Waals surface area contributed by atoms with Crippen molar-refractivity contribution in [3.63, 3.8) is 0 Å². The van der Waals surface area contributed by atoms with E-state index in [-0.39, 0.29) is 0 Å². The van der Waals surface area contributed by atoms with Crippen molar-refractivity contribution in [1.29, 1.82) is 0 Å². The van der Waals surface area contributed by atoms with E-state index in [0.29, 0.717) is 23.1 Å². The van der Waals surface area contributed by atoms with Gasteiger partial charge in [-0.25, -0.2) is 9.78 Å². The summed E-state index contributed by atoms with van der Waals surface area (Å²) in [5, 5.41) is 9.95. The summed E-state index contributed by atoms with van der Waals surface area (Å²) < 4.78 is 5.33. The molecule has 18 heavy (non-hydrogen) atoms. The lowest BCUT2D eigenvalue weighted by Gasteiger charge is -2.30. The van der Waals surface area contributed by atoms with Gasteiger partial charge in [-0.05, 0) is 19.3 Å². The highest BCUT2D eigenvalue weighted by atomic mass is 32.1. The Morgan fingerprint density at radius 2 is 2.22 bits per heavy atom. The van der Waals surface area contributed by atoms with Gasteiger partial charge in [-0.3, -0.25) is 0 Å². The highest BCUT2D eigenvalue weighted by molar-refractivity contribution is 7.17. The topological polar surface area (TPSA) is 62.7 Å². The summed E-state index contributed by atoms with van der Waals surface area (Å²) in [5.74, 6) is -0.873. The van der Waals surface area contributed by atoms with Gasteiger partial charge in [0.2, 0.25) is 0 Å². The van der Waals surface area contributed by atoms with Crippen LogP contribution >= 0.6 is 11.3 Å². The van der Waals surface area contributed by atoms with E-state index in [1.54, 1.807) is 7.11 Å². The number of hydrogen-bond acceptors (Lipinski definition) is 5. The summed E-state index contributed by atoms with van der Waals surface area (Å²) in [5.41, 5.74) is 0.691. The van der Waals surface area contributed by atoms with Crippen LogP contribution in [0.25, 0.3) is 0 Å². The number of ether oxygens (including phenoxy) is 1. The second-order valence-corrected chi connectivity index (χ2v) is 5.33. The molecule has 1 saturated heterocycles. The number of piperidine rings is 1. The molecule has 100 valence electrons. The van der Waals surface area contributed by atoms with E-state index in [1.165, 1.54) is 11.3 Å². The van der Waals surface area contributed by atoms with Crippen LogP contribution in [-0.4, -0.2) is 42.4 Å². The summed E-state index contributed by atoms with van der Waals surface area (Å²) in [6.45, 7) is 3.70. The average molecular weight is 270 g/mol. The Bertz CT molecular complexity index is 425. The molecule has 1 N–H and O–H groups in total. The smallest absolute Gasteiger partial charge is 0.347 e. The van der Waals surface area contributed by atoms with Crippen molar-refractivity contribution in [2.75, 3.05) is 25.1 Å². The van der Waals surface area contributed by atoms with Crippen LogP contribution < -0.4 is 4.90 Å². The second kappa shape index (κ2) is 5.67. The molecule has 1 aromatic heterocycles. The van der Waals surface area contributed by atoms with Crippen LogP contribution in [0, 0.1) is 0 Å². The molecular weight excluding hydrogens is 252 g/mol. The molecule has 0 aliphatic carbocycles. The zero-order valence-electron chi connectivity index (χ0n) is 10.7. The van der Waals surface area contributed by atoms with Gasteiger partial charge in [0.1, 0.15) is 4.88 Å². The molecular formula is C12H18N2O3S. The third kappa shape index (κ3) is 2.64. The maximum absolute atomic E-state index is 11.1. The molecule has 0 spiro atoms. The number of anilines is 1. The predicted octanol–water partition coefficient (Wildman–Crippen LogP) is 2.02. The normalized spacial score (nSPS) is 17.1. The lowest BCUT2D eigenvalue weighted by Crippen LogP contribution is -2.36. The number of rotatable bonds is 4. The van der Waals surface area contributed by atoms with E-state index in [1.807, 2.05) is 6.92 Å². The Morgan fingerprint density at radius 3 is 2.67 bits per heavy atom. The first-order chi connectivity index (χ1) is 8.65. The molecule has 0 aromatic carbocycles. The van der Waals surface area contributed by atoms with E-state index in [2.05, 4.69) is 9.88 Å². The summed E-state index contributed by atoms with van der Waals surface area (Å²) in [6, 6.07) is 0. The highest BCUT2D eigenvalue weighted by Crippen LogP contribution is 2.29. The van der Waals surface area contributed by atoms with Gasteiger partial charge in [-0.15, -0.1) is 0 Å². The van der Waals surface area contributed by atoms with Crippen molar-refractivity contribution in [2.24, 2.45) is 0 Å². The van der Waals surface area contributed by atoms with Crippen molar-refractivity contribution >= 4 is 22.4 Å². The van der Waals surface area contributed by atoms with Crippen molar-refractivity contribution < 1.29 is 14.6 Å². The van der Waals surface area contributed by atoms with Crippen LogP contribution in [0.3, 0.4) is 0 Å². The molecule has 0 atom stereocenters. The van der Waals surface area contributed by atoms with E-state index in [4.69, 9.17) is 9.84 Å². The summed E-state index contributed by atoms with van der Waals surface area (Å²) in [6.07, 6.45) is 2.93. The number of carboxylic acids is 1. The Hall–Kier alpha value is -1.14. The number of methoxy groups -OCH3 is 1. The molecule has 0 unspecified atom stereocenters. The van der Waals surface area contributed by atoms with E-state index in [9.17, 15) is 4.79 Å². The van der Waals surface area contributed by atoms with Gasteiger partial charge in [0, 0.05) is 20.2 Å². The van der Waals surface area contributed by atoms with Crippen molar-refractivity contribution in [2.45, 2.75) is 32.3 Å². The first-order valence-corrected chi connectivity index (χ1v) is 6.98. The fraction of sp³-hybridized carbons (Fsp3) is 0.667. The Balaban J connectivity index is 2.12. The number of carboxylic acid groups (broad SMARTS) is 1. The highest BCUT2D eigenvalue weighted by Gasteiger charge is 2.24. The monoisotopic (exact) mass is 270 g/mol. The largest absolute Gasteiger partial charge is 0.477 e. The molecule has 0 bridgehead atoms. The molecule has 0 radical (unpaired) electrons. The van der Waals surface area contributed by atoms with Crippen LogP contribution in [0.1, 0.15) is 35.1 Å². The standard InChI is InChI=1S/C12H18N2O3S/c1-3-9-10(11(15)16)18-12(13-9)14-6-4-8(17-2)5-7-14/h8H,3-7H2,1-2H3,(H,15,16). The molecule has 6 heteroatoms. The third-order valence-electron chi connectivity index (χ3n) is 3.26. The summed E-state index contributed by atoms with van der Waals surface area (Å²) >= 11 is 1.28. The van der Waals surface area contributed by atoms with Crippen LogP contribution in [0.5, 0.6) is 0 Å². The minimum atomic E-state index is -0.873. The molecule has 1 aliphatic heterocycles. The van der Waals surface area contributed by atoms with Crippen LogP contribution in [-0.2, 0) is 11.2 Å². The molecule has 1 aliphatic rings. The third-order valence-corrected chi connectivity index (χ3v) is 4.41. The fourth-order valence-electron chi connectivity index (χ4n) is 2.16. The maximum atomic E-state index is 11.1. The van der Waals surface area contributed by atoms with E-state index in [0.717, 1.165) is 31.1 Å². The second-order valence-electron chi connectivity index (χ2n) is 4.35. The lowest BCUT2D eigenvalue weighted by atomic mass is 10.1. The van der Waals surface area contributed by atoms with Gasteiger partial charge in [0.15, 0.2) is 5.13 Å². The molecule has 1 fully saturated rings. The quantitative estimate of drug-likeness (QED) is 0.907. The van der Waals surface area contributed by atoms with Gasteiger partial charge in [0.25, 0.3) is 0 Å². The number of aromatic carboxylic acids is 1. The van der Waals surface area contributed by atoms with E-state index < -0.39 is 5.97 Å². The number of thiazole rings is 1. The molecule has 5 nitrogen and oxygen atoms in total. The molecule has 0 saturated carbocycles. The fourth-order valence-corrected chi connectivity index (χ4v) is 3.21. The van der Waals surface area contributed by atoms with Crippen molar-refractivity contribution in [3.8, 4) is 0 Å². The Morgan fingerprint density at radius 1 is 1.56 bits per heavy atom. The lowest BCUT2D eigenvalue weighted by molar-refractivity contribution is 0.0700. The number of carbonyl (C=O) groups is 1. The number of nitrogens with zero attached hydrogens (tertiary/aromatic N) is 2. The first-order valence-electron chi connectivity index (χ1n) is 6.16. The van der Waals surface area contributed by atoms with Crippen LogP contribution in [0.2, 0.25) is 0 Å². The van der Waals surface area contributed by atoms with Gasteiger partial charge in [0.05, 0.1) is 11.8 Å². The summed E-state index contributed by atoms with van der Waals surface area (Å²) in [4.78, 5) is 18.1.